The highest BCUT2D eigenvalue weighted by molar-refractivity contribution is 6.12. The van der Waals surface area contributed by atoms with Crippen molar-refractivity contribution in [3.8, 4) is 33.6 Å². The van der Waals surface area contributed by atoms with Crippen molar-refractivity contribution >= 4 is 43.6 Å². The minimum Gasteiger partial charge on any atom is -0.309 e. The Bertz CT molecular complexity index is 3350. The molecular formula is C42H28N2. The van der Waals surface area contributed by atoms with Crippen LogP contribution in [-0.4, -0.2) is 9.13 Å². The summed E-state index contributed by atoms with van der Waals surface area (Å²) in [5, 5.41) is -0.621. The smallest absolute Gasteiger partial charge is 0.0645 e. The molecule has 0 spiro atoms. The summed E-state index contributed by atoms with van der Waals surface area (Å²) in [7, 11) is 0. The fraction of sp³-hybridized carbons (Fsp3) is 0. The van der Waals surface area contributed by atoms with E-state index in [-0.39, 0.29) is 55.3 Å². The molecule has 0 aliphatic carbocycles. The van der Waals surface area contributed by atoms with Crippen LogP contribution in [0.15, 0.2) is 169 Å². The Morgan fingerprint density at radius 1 is 0.341 bits per heavy atom. The zero-order valence-electron chi connectivity index (χ0n) is 38.8. The van der Waals surface area contributed by atoms with Gasteiger partial charge in [0, 0.05) is 32.9 Å². The number of benzene rings is 7. The van der Waals surface area contributed by atoms with Gasteiger partial charge in [-0.05, 0) is 82.8 Å². The van der Waals surface area contributed by atoms with Crippen LogP contribution in [0.3, 0.4) is 0 Å². The Morgan fingerprint density at radius 3 is 1.32 bits per heavy atom. The van der Waals surface area contributed by atoms with E-state index in [1.165, 1.54) is 33.4 Å². The molecule has 2 heterocycles. The Kier molecular flexibility index (Phi) is 3.05. The van der Waals surface area contributed by atoms with Crippen molar-refractivity contribution in [1.29, 1.82) is 0 Å². The molecule has 0 unspecified atom stereocenters. The third kappa shape index (κ3) is 3.82. The molecule has 2 heteroatoms. The van der Waals surface area contributed by atoms with Gasteiger partial charge in [-0.2, -0.15) is 0 Å². The monoisotopic (exact) mass is 576 g/mol. The van der Waals surface area contributed by atoms with E-state index in [1.807, 2.05) is 0 Å². The molecule has 0 atom stereocenters. The maximum Gasteiger partial charge on any atom is 0.0645 e. The number of para-hydroxylation sites is 3. The molecule has 0 fully saturated rings. The number of fused-ring (bicyclic) bond motifs is 6. The van der Waals surface area contributed by atoms with Crippen LogP contribution in [-0.2, 0) is 0 Å². The Balaban J connectivity index is 1.42. The van der Waals surface area contributed by atoms with Crippen molar-refractivity contribution in [1.82, 2.24) is 9.13 Å². The first-order chi connectivity index (χ1) is 28.5. The highest BCUT2D eigenvalue weighted by Crippen LogP contribution is 2.38. The molecule has 0 N–H and O–H groups in total. The quantitative estimate of drug-likeness (QED) is 0.197. The van der Waals surface area contributed by atoms with Gasteiger partial charge in [0.2, 0.25) is 0 Å². The fourth-order valence-corrected chi connectivity index (χ4v) is 5.71. The number of hydrogen-bond acceptors (Lipinski definition) is 0. The van der Waals surface area contributed by atoms with Crippen LogP contribution in [0.2, 0.25) is 0 Å². The van der Waals surface area contributed by atoms with E-state index in [0.717, 1.165) is 11.1 Å². The first kappa shape index (κ1) is 13.6. The lowest BCUT2D eigenvalue weighted by Crippen LogP contribution is -1.93. The molecule has 2 aromatic heterocycles. The Labute approximate surface area is 278 Å². The van der Waals surface area contributed by atoms with Gasteiger partial charge < -0.3 is 9.13 Å². The second-order valence-corrected chi connectivity index (χ2v) is 10.2. The average Bonchev–Trinajstić information content (AvgIpc) is 3.79. The summed E-state index contributed by atoms with van der Waals surface area (Å²) < 4.78 is 146. The summed E-state index contributed by atoms with van der Waals surface area (Å²) in [5.41, 5.74) is 0.916. The van der Waals surface area contributed by atoms with Crippen LogP contribution >= 0.6 is 0 Å². The lowest BCUT2D eigenvalue weighted by molar-refractivity contribution is 1.18. The number of rotatable bonds is 4. The van der Waals surface area contributed by atoms with E-state index in [2.05, 4.69) is 0 Å². The van der Waals surface area contributed by atoms with E-state index < -0.39 is 95.7 Å². The Morgan fingerprint density at radius 2 is 0.773 bits per heavy atom. The molecule has 9 rings (SSSR count). The molecule has 206 valence electrons. The second kappa shape index (κ2) is 9.86. The van der Waals surface area contributed by atoms with Gasteiger partial charge in [0.05, 0.1) is 44.0 Å². The van der Waals surface area contributed by atoms with Gasteiger partial charge in [-0.3, -0.25) is 0 Å². The van der Waals surface area contributed by atoms with Gasteiger partial charge >= 0.3 is 0 Å². The van der Waals surface area contributed by atoms with Gasteiger partial charge in [0.25, 0.3) is 0 Å². The summed E-state index contributed by atoms with van der Waals surface area (Å²) in [6.45, 7) is 0. The molecule has 0 aliphatic heterocycles. The largest absolute Gasteiger partial charge is 0.309 e. The zero-order valence-corrected chi connectivity index (χ0v) is 22.8. The van der Waals surface area contributed by atoms with Crippen molar-refractivity contribution in [2.75, 3.05) is 0 Å². The topological polar surface area (TPSA) is 9.86 Å². The average molecular weight is 577 g/mol. The van der Waals surface area contributed by atoms with E-state index in [9.17, 15) is 8.22 Å². The minimum absolute atomic E-state index is 0.0764. The Hall–Kier alpha value is -5.86. The predicted molar refractivity (Wildman–Crippen MR) is 186 cm³/mol. The van der Waals surface area contributed by atoms with Gasteiger partial charge in [-0.15, -0.1) is 0 Å². The van der Waals surface area contributed by atoms with Crippen LogP contribution in [0.25, 0.3) is 77.2 Å². The molecule has 0 saturated heterocycles. The molecule has 0 radical (unpaired) electrons. The summed E-state index contributed by atoms with van der Waals surface area (Å²) in [5.74, 6) is 0. The lowest BCUT2D eigenvalue weighted by atomic mass is 10.0. The van der Waals surface area contributed by atoms with Crippen LogP contribution in [0, 0.1) is 0 Å². The maximum atomic E-state index is 9.70. The first-order valence-electron chi connectivity index (χ1n) is 21.8. The third-order valence-corrected chi connectivity index (χ3v) is 7.70. The second-order valence-electron chi connectivity index (χ2n) is 10.2. The van der Waals surface area contributed by atoms with Gasteiger partial charge in [0.15, 0.2) is 0 Å². The number of aromatic nitrogens is 2. The van der Waals surface area contributed by atoms with Crippen LogP contribution < -0.4 is 0 Å². The van der Waals surface area contributed by atoms with Gasteiger partial charge in [-0.1, -0.05) is 109 Å². The minimum atomic E-state index is -0.649. The van der Waals surface area contributed by atoms with Crippen molar-refractivity contribution in [3.63, 3.8) is 0 Å². The molecule has 2 nitrogen and oxygen atoms in total. The number of hydrogen-bond donors (Lipinski definition) is 0. The third-order valence-electron chi connectivity index (χ3n) is 7.70. The first-order valence-corrected chi connectivity index (χ1v) is 13.8. The molecule has 0 amide bonds. The standard InChI is InChI=1S/C42H28N2/c1-3-11-29(12-4-1)30-19-23-34(24-20-30)44-40-18-10-8-16-36(40)38-28-32(22-26-42(38)44)31-21-25-41-37(27-31)35-15-7-9-17-39(35)43(41)33-13-5-2-6-14-33/h1-28H/i1D,2D,7D,8D,9D,10D,15D,16D,17D,18D,21D,22D,25D,26D,27D,28D. The normalized spacial score (nSPS) is 16.7. The zero-order chi connectivity index (χ0) is 43.0. The van der Waals surface area contributed by atoms with E-state index >= 15 is 0 Å². The SMILES string of the molecule is [2H]c1ccc(-c2ccc(-n3c4c([2H])c([2H])c([2H])c([2H])c4c4c([2H])c(-c5c([2H])c([2H])c6c(c5[2H])c5c([2H])c([2H])c([2H])c([2H])c5n6-c5ccc([2H])cc5)c([2H])c([2H])c43)cc2)cc1. The van der Waals surface area contributed by atoms with Crippen molar-refractivity contribution in [2.24, 2.45) is 0 Å². The molecule has 44 heavy (non-hydrogen) atoms. The van der Waals surface area contributed by atoms with Crippen LogP contribution in [0.1, 0.15) is 21.9 Å². The van der Waals surface area contributed by atoms with Gasteiger partial charge in [0.1, 0.15) is 0 Å². The van der Waals surface area contributed by atoms with Crippen molar-refractivity contribution in [3.05, 3.63) is 169 Å². The van der Waals surface area contributed by atoms with E-state index in [0.29, 0.717) is 11.7 Å². The highest BCUT2D eigenvalue weighted by Gasteiger charge is 2.16. The lowest BCUT2D eigenvalue weighted by Gasteiger charge is -2.10. The molecule has 9 aromatic rings. The molecule has 0 bridgehead atoms. The molecule has 0 saturated carbocycles. The summed E-state index contributed by atoms with van der Waals surface area (Å²) in [6.07, 6.45) is 0. The fourth-order valence-electron chi connectivity index (χ4n) is 5.71. The maximum absolute atomic E-state index is 9.70. The van der Waals surface area contributed by atoms with E-state index in [4.69, 9.17) is 13.7 Å². The molecule has 7 aromatic carbocycles. The van der Waals surface area contributed by atoms with Crippen LogP contribution in [0.5, 0.6) is 0 Å². The number of nitrogens with zero attached hydrogens (tertiary/aromatic N) is 2. The summed E-state index contributed by atoms with van der Waals surface area (Å²) in [6, 6.07) is 12.2. The van der Waals surface area contributed by atoms with Crippen molar-refractivity contribution < 1.29 is 21.9 Å². The summed E-state index contributed by atoms with van der Waals surface area (Å²) in [4.78, 5) is 0. The van der Waals surface area contributed by atoms with Gasteiger partial charge in [-0.25, -0.2) is 0 Å². The van der Waals surface area contributed by atoms with Crippen molar-refractivity contribution in [2.45, 2.75) is 0 Å². The predicted octanol–water partition coefficient (Wildman–Crippen LogP) is 11.2. The highest BCUT2D eigenvalue weighted by atomic mass is 15.0. The van der Waals surface area contributed by atoms with E-state index in [1.54, 1.807) is 48.5 Å². The van der Waals surface area contributed by atoms with Crippen LogP contribution in [0.4, 0.5) is 0 Å². The molecule has 0 aliphatic rings. The molecular weight excluding hydrogens is 532 g/mol. The summed E-state index contributed by atoms with van der Waals surface area (Å²) >= 11 is 0.